The molecule has 2 aromatic rings. The second-order valence-corrected chi connectivity index (χ2v) is 10.3. The van der Waals surface area contributed by atoms with Crippen molar-refractivity contribution in [3.8, 4) is 22.8 Å². The molecule has 0 amide bonds. The van der Waals surface area contributed by atoms with Gasteiger partial charge in [0.2, 0.25) is 0 Å². The van der Waals surface area contributed by atoms with Gasteiger partial charge in [0.1, 0.15) is 13.2 Å². The molecule has 1 aromatic carbocycles. The Morgan fingerprint density at radius 3 is 2.81 bits per heavy atom. The number of hydrogen-bond donors (Lipinski definition) is 2. The molecule has 3 heterocycles. The first-order chi connectivity index (χ1) is 12.8. The van der Waals surface area contributed by atoms with E-state index in [0.717, 1.165) is 17.0 Å². The molecule has 0 aliphatic carbocycles. The summed E-state index contributed by atoms with van der Waals surface area (Å²) in [6, 6.07) is 5.73. The summed E-state index contributed by atoms with van der Waals surface area (Å²) in [4.78, 5) is 4.56. The van der Waals surface area contributed by atoms with Gasteiger partial charge in [-0.3, -0.25) is 0 Å². The fourth-order valence-electron chi connectivity index (χ4n) is 3.18. The summed E-state index contributed by atoms with van der Waals surface area (Å²) in [6.45, 7) is 2.96. The van der Waals surface area contributed by atoms with E-state index in [0.29, 0.717) is 35.6 Å². The molecule has 4 rings (SSSR count). The Labute approximate surface area is 167 Å². The molecule has 10 heteroatoms. The molecule has 144 valence electrons. The summed E-state index contributed by atoms with van der Waals surface area (Å²) in [6.07, 6.45) is 0.539. The van der Waals surface area contributed by atoms with Crippen LogP contribution in [0.2, 0.25) is 0 Å². The van der Waals surface area contributed by atoms with Crippen LogP contribution >= 0.6 is 23.6 Å². The first-order valence-corrected chi connectivity index (χ1v) is 11.6. The number of thiazole rings is 1. The standard InChI is InChI=1S/C17H19N3O4S3/c1-17(4-7-27(21,22)10-17)20-15(25)19-16-18-12(9-26-16)11-2-3-13-14(8-11)24-6-5-23-13/h2-3,8-9H,4-7,10H2,1H3,(H2,18,19,20,25)/t17-/m0/s1. The van der Waals surface area contributed by atoms with Crippen molar-refractivity contribution >= 4 is 43.6 Å². The van der Waals surface area contributed by atoms with Gasteiger partial charge < -0.3 is 20.1 Å². The lowest BCUT2D eigenvalue weighted by Crippen LogP contribution is -2.48. The van der Waals surface area contributed by atoms with E-state index in [9.17, 15) is 8.42 Å². The van der Waals surface area contributed by atoms with Crippen LogP contribution in [0, 0.1) is 0 Å². The Hall–Kier alpha value is -1.91. The van der Waals surface area contributed by atoms with Gasteiger partial charge in [-0.05, 0) is 43.8 Å². The third-order valence-corrected chi connectivity index (χ3v) is 7.35. The minimum absolute atomic E-state index is 0.0855. The molecule has 27 heavy (non-hydrogen) atoms. The third kappa shape index (κ3) is 4.17. The van der Waals surface area contributed by atoms with E-state index in [4.69, 9.17) is 21.7 Å². The molecule has 1 atom stereocenters. The summed E-state index contributed by atoms with van der Waals surface area (Å²) >= 11 is 6.77. The van der Waals surface area contributed by atoms with Gasteiger partial charge in [0.15, 0.2) is 31.6 Å². The number of nitrogens with one attached hydrogen (secondary N) is 2. The summed E-state index contributed by atoms with van der Waals surface area (Å²) in [5.74, 6) is 1.73. The summed E-state index contributed by atoms with van der Waals surface area (Å²) in [5, 5.41) is 9.11. The van der Waals surface area contributed by atoms with Crippen LogP contribution < -0.4 is 20.1 Å². The Bertz CT molecular complexity index is 989. The topological polar surface area (TPSA) is 89.6 Å². The van der Waals surface area contributed by atoms with Gasteiger partial charge in [0, 0.05) is 10.9 Å². The van der Waals surface area contributed by atoms with Crippen molar-refractivity contribution in [3.05, 3.63) is 23.6 Å². The third-order valence-electron chi connectivity index (χ3n) is 4.48. The Morgan fingerprint density at radius 2 is 2.07 bits per heavy atom. The SMILES string of the molecule is C[C@]1(NC(=S)Nc2nc(-c3ccc4c(c3)OCCO4)cs2)CCS(=O)(=O)C1. The second kappa shape index (κ2) is 6.92. The van der Waals surface area contributed by atoms with Gasteiger partial charge in [-0.1, -0.05) is 0 Å². The number of hydrogen-bond acceptors (Lipinski definition) is 7. The van der Waals surface area contributed by atoms with Gasteiger partial charge in [-0.25, -0.2) is 13.4 Å². The molecule has 0 radical (unpaired) electrons. The molecule has 0 bridgehead atoms. The zero-order valence-corrected chi connectivity index (χ0v) is 17.1. The monoisotopic (exact) mass is 425 g/mol. The smallest absolute Gasteiger partial charge is 0.189 e. The molecule has 0 unspecified atom stereocenters. The lowest BCUT2D eigenvalue weighted by Gasteiger charge is -2.25. The Kier molecular flexibility index (Phi) is 4.73. The number of thiocarbonyl (C=S) groups is 1. The molecule has 2 aliphatic rings. The van der Waals surface area contributed by atoms with Gasteiger partial charge in [0.25, 0.3) is 0 Å². The Morgan fingerprint density at radius 1 is 1.30 bits per heavy atom. The van der Waals surface area contributed by atoms with Crippen molar-refractivity contribution in [3.63, 3.8) is 0 Å². The molecular formula is C17H19N3O4S3. The second-order valence-electron chi connectivity index (χ2n) is 6.88. The van der Waals surface area contributed by atoms with Crippen LogP contribution in [0.15, 0.2) is 23.6 Å². The Balaban J connectivity index is 1.43. The number of rotatable bonds is 3. The molecule has 2 aliphatic heterocycles. The van der Waals surface area contributed by atoms with Crippen LogP contribution in [0.5, 0.6) is 11.5 Å². The summed E-state index contributed by atoms with van der Waals surface area (Å²) in [7, 11) is -3.00. The van der Waals surface area contributed by atoms with Crippen molar-refractivity contribution < 1.29 is 17.9 Å². The minimum Gasteiger partial charge on any atom is -0.486 e. The normalized spacial score (nSPS) is 23.0. The first kappa shape index (κ1) is 18.5. The highest BCUT2D eigenvalue weighted by Gasteiger charge is 2.38. The molecule has 7 nitrogen and oxygen atoms in total. The summed E-state index contributed by atoms with van der Waals surface area (Å²) in [5.41, 5.74) is 1.19. The fourth-order valence-corrected chi connectivity index (χ4v) is 6.40. The fraction of sp³-hybridized carbons (Fsp3) is 0.412. The number of fused-ring (bicyclic) bond motifs is 1. The molecular weight excluding hydrogens is 406 g/mol. The van der Waals surface area contributed by atoms with Gasteiger partial charge in [0.05, 0.1) is 22.7 Å². The van der Waals surface area contributed by atoms with Crippen molar-refractivity contribution in [1.29, 1.82) is 0 Å². The average Bonchev–Trinajstić information content (AvgIpc) is 3.18. The van der Waals surface area contributed by atoms with Crippen LogP contribution in [0.1, 0.15) is 13.3 Å². The van der Waals surface area contributed by atoms with Crippen LogP contribution in [-0.2, 0) is 9.84 Å². The number of aromatic nitrogens is 1. The highest BCUT2D eigenvalue weighted by Crippen LogP contribution is 2.35. The quantitative estimate of drug-likeness (QED) is 0.725. The average molecular weight is 426 g/mol. The minimum atomic E-state index is -3.00. The molecule has 1 fully saturated rings. The zero-order chi connectivity index (χ0) is 19.1. The molecule has 2 N–H and O–H groups in total. The molecule has 0 saturated carbocycles. The number of sulfone groups is 1. The van der Waals surface area contributed by atoms with Crippen molar-refractivity contribution in [1.82, 2.24) is 10.3 Å². The lowest BCUT2D eigenvalue weighted by atomic mass is 10.0. The van der Waals surface area contributed by atoms with E-state index in [2.05, 4.69) is 15.6 Å². The van der Waals surface area contributed by atoms with Gasteiger partial charge in [-0.15, -0.1) is 11.3 Å². The predicted octanol–water partition coefficient (Wildman–Crippen LogP) is 2.44. The number of benzene rings is 1. The molecule has 0 spiro atoms. The van der Waals surface area contributed by atoms with E-state index in [1.54, 1.807) is 0 Å². The van der Waals surface area contributed by atoms with Crippen LogP contribution in [0.3, 0.4) is 0 Å². The number of nitrogens with zero attached hydrogens (tertiary/aromatic N) is 1. The van der Waals surface area contributed by atoms with Crippen LogP contribution in [-0.4, -0.2) is 48.8 Å². The van der Waals surface area contributed by atoms with Gasteiger partial charge in [-0.2, -0.15) is 0 Å². The van der Waals surface area contributed by atoms with Crippen LogP contribution in [0.4, 0.5) is 5.13 Å². The van der Waals surface area contributed by atoms with E-state index in [1.807, 2.05) is 30.5 Å². The molecule has 1 saturated heterocycles. The van der Waals surface area contributed by atoms with Crippen molar-refractivity contribution in [2.24, 2.45) is 0 Å². The highest BCUT2D eigenvalue weighted by atomic mass is 32.2. The van der Waals surface area contributed by atoms with Crippen molar-refractivity contribution in [2.45, 2.75) is 18.9 Å². The van der Waals surface area contributed by atoms with Crippen LogP contribution in [0.25, 0.3) is 11.3 Å². The summed E-state index contributed by atoms with van der Waals surface area (Å²) < 4.78 is 34.6. The zero-order valence-electron chi connectivity index (χ0n) is 14.6. The van der Waals surface area contributed by atoms with E-state index >= 15 is 0 Å². The number of anilines is 1. The predicted molar refractivity (Wildman–Crippen MR) is 110 cm³/mol. The van der Waals surface area contributed by atoms with E-state index in [-0.39, 0.29) is 11.5 Å². The molecule has 1 aromatic heterocycles. The maximum Gasteiger partial charge on any atom is 0.189 e. The first-order valence-electron chi connectivity index (χ1n) is 8.47. The van der Waals surface area contributed by atoms with Gasteiger partial charge >= 0.3 is 0 Å². The number of ether oxygens (including phenoxy) is 2. The lowest BCUT2D eigenvalue weighted by molar-refractivity contribution is 0.171. The van der Waals surface area contributed by atoms with E-state index < -0.39 is 15.4 Å². The maximum atomic E-state index is 11.7. The van der Waals surface area contributed by atoms with E-state index in [1.165, 1.54) is 11.3 Å². The van der Waals surface area contributed by atoms with Crippen molar-refractivity contribution in [2.75, 3.05) is 30.0 Å². The highest BCUT2D eigenvalue weighted by molar-refractivity contribution is 7.91. The largest absolute Gasteiger partial charge is 0.486 e. The maximum absolute atomic E-state index is 11.7.